The zero-order chi connectivity index (χ0) is 33.8. The summed E-state index contributed by atoms with van der Waals surface area (Å²) in [5, 5.41) is 10.9. The molecule has 0 saturated carbocycles. The molecule has 2 saturated heterocycles. The highest BCUT2D eigenvalue weighted by Gasteiger charge is 2.42. The summed E-state index contributed by atoms with van der Waals surface area (Å²) >= 11 is 0. The van der Waals surface area contributed by atoms with Gasteiger partial charge in [0.05, 0.1) is 11.4 Å². The van der Waals surface area contributed by atoms with Crippen molar-refractivity contribution in [2.75, 3.05) is 10.6 Å². The third-order valence-corrected chi connectivity index (χ3v) is 9.72. The third kappa shape index (κ3) is 7.87. The molecule has 8 nitrogen and oxygen atoms in total. The maximum absolute atomic E-state index is 13.2. The molecule has 2 bridgehead atoms. The minimum absolute atomic E-state index is 0.0998. The summed E-state index contributed by atoms with van der Waals surface area (Å²) in [6, 6.07) is 27.6. The smallest absolute Gasteiger partial charge is 0.324 e. The predicted molar refractivity (Wildman–Crippen MR) is 191 cm³/mol. The first-order valence-electron chi connectivity index (χ1n) is 17.3. The molecular formula is C40H47N5O3. The number of urea groups is 1. The van der Waals surface area contributed by atoms with E-state index >= 15 is 0 Å². The van der Waals surface area contributed by atoms with E-state index in [2.05, 4.69) is 48.4 Å². The van der Waals surface area contributed by atoms with Crippen molar-refractivity contribution in [1.82, 2.24) is 14.7 Å². The van der Waals surface area contributed by atoms with Gasteiger partial charge < -0.3 is 10.2 Å². The number of aryl methyl sites for hydroxylation is 1. The highest BCUT2D eigenvalue weighted by atomic mass is 16.2. The number of nitrogens with one attached hydrogen (secondary N) is 2. The zero-order valence-electron chi connectivity index (χ0n) is 28.5. The Labute approximate surface area is 283 Å². The van der Waals surface area contributed by atoms with E-state index in [-0.39, 0.29) is 35.2 Å². The van der Waals surface area contributed by atoms with E-state index in [1.54, 1.807) is 4.68 Å². The number of Topliss-reactive ketones (excluding diaryl/α,β-unsaturated/α-hetero) is 1. The number of ketones is 1. The van der Waals surface area contributed by atoms with Crippen LogP contribution < -0.4 is 10.6 Å². The lowest BCUT2D eigenvalue weighted by Gasteiger charge is -2.39. The van der Waals surface area contributed by atoms with Crippen molar-refractivity contribution in [3.63, 3.8) is 0 Å². The molecule has 2 N–H and O–H groups in total. The average molecular weight is 646 g/mol. The van der Waals surface area contributed by atoms with Gasteiger partial charge in [0.1, 0.15) is 5.82 Å². The lowest BCUT2D eigenvalue weighted by molar-refractivity contribution is -0.136. The summed E-state index contributed by atoms with van der Waals surface area (Å²) in [5.74, 6) is 1.38. The molecule has 2 atom stereocenters. The molecule has 0 radical (unpaired) electrons. The van der Waals surface area contributed by atoms with Crippen LogP contribution in [0.5, 0.6) is 0 Å². The fourth-order valence-corrected chi connectivity index (χ4v) is 7.27. The van der Waals surface area contributed by atoms with Crippen LogP contribution in [0.2, 0.25) is 0 Å². The van der Waals surface area contributed by atoms with Crippen LogP contribution >= 0.6 is 0 Å². The molecule has 1 aromatic heterocycles. The Bertz CT molecular complexity index is 1740. The molecule has 3 heterocycles. The van der Waals surface area contributed by atoms with Crippen molar-refractivity contribution in [2.24, 2.45) is 5.92 Å². The Morgan fingerprint density at radius 3 is 2.23 bits per heavy atom. The number of rotatable bonds is 10. The van der Waals surface area contributed by atoms with Crippen molar-refractivity contribution < 1.29 is 14.4 Å². The van der Waals surface area contributed by atoms with Crippen LogP contribution in [0, 0.1) is 12.8 Å². The summed E-state index contributed by atoms with van der Waals surface area (Å²) in [4.78, 5) is 41.1. The fourth-order valence-electron chi connectivity index (χ4n) is 7.27. The molecule has 4 aromatic rings. The third-order valence-electron chi connectivity index (χ3n) is 9.72. The predicted octanol–water partition coefficient (Wildman–Crippen LogP) is 8.49. The molecule has 2 fully saturated rings. The molecule has 3 aromatic carbocycles. The average Bonchev–Trinajstić information content (AvgIpc) is 3.60. The number of fused-ring (bicyclic) bond motifs is 2. The normalized spacial score (nSPS) is 18.8. The number of hydrogen-bond acceptors (Lipinski definition) is 4. The number of benzene rings is 3. The maximum Gasteiger partial charge on any atom is 0.324 e. The molecule has 48 heavy (non-hydrogen) atoms. The first-order valence-corrected chi connectivity index (χ1v) is 17.3. The van der Waals surface area contributed by atoms with E-state index in [4.69, 9.17) is 5.10 Å². The first-order chi connectivity index (χ1) is 23.0. The van der Waals surface area contributed by atoms with Gasteiger partial charge in [0.15, 0.2) is 5.78 Å². The summed E-state index contributed by atoms with van der Waals surface area (Å²) in [6.45, 7) is 8.36. The number of aromatic nitrogens is 2. The molecule has 2 aliphatic heterocycles. The van der Waals surface area contributed by atoms with Crippen LogP contribution in [0.15, 0.2) is 84.9 Å². The number of anilines is 2. The number of amides is 3. The minimum Gasteiger partial charge on any atom is -0.337 e. The van der Waals surface area contributed by atoms with Gasteiger partial charge in [0, 0.05) is 47.7 Å². The Hall–Kier alpha value is -4.72. The van der Waals surface area contributed by atoms with Gasteiger partial charge in [-0.2, -0.15) is 5.10 Å². The number of carbonyl (C=O) groups is 3. The van der Waals surface area contributed by atoms with Crippen LogP contribution in [0.3, 0.4) is 0 Å². The van der Waals surface area contributed by atoms with Crippen molar-refractivity contribution >= 4 is 29.2 Å². The monoisotopic (exact) mass is 645 g/mol. The molecule has 8 heteroatoms. The lowest BCUT2D eigenvalue weighted by atomic mass is 9.85. The van der Waals surface area contributed by atoms with E-state index in [0.29, 0.717) is 36.6 Å². The van der Waals surface area contributed by atoms with Crippen molar-refractivity contribution in [3.8, 4) is 5.69 Å². The number of hydrogen-bond donors (Lipinski definition) is 2. The summed E-state index contributed by atoms with van der Waals surface area (Å²) in [6.07, 6.45) is 6.40. The van der Waals surface area contributed by atoms with Crippen molar-refractivity contribution in [1.29, 1.82) is 0 Å². The van der Waals surface area contributed by atoms with E-state index in [9.17, 15) is 14.4 Å². The van der Waals surface area contributed by atoms with E-state index in [0.717, 1.165) is 54.7 Å². The van der Waals surface area contributed by atoms with E-state index < -0.39 is 0 Å². The van der Waals surface area contributed by atoms with Gasteiger partial charge in [0.2, 0.25) is 5.91 Å². The largest absolute Gasteiger partial charge is 0.337 e. The van der Waals surface area contributed by atoms with Crippen LogP contribution in [-0.4, -0.2) is 44.5 Å². The topological polar surface area (TPSA) is 96.3 Å². The number of carbonyl (C=O) groups excluding carboxylic acids is 3. The summed E-state index contributed by atoms with van der Waals surface area (Å²) in [7, 11) is 0. The molecular weight excluding hydrogens is 598 g/mol. The highest BCUT2D eigenvalue weighted by molar-refractivity contribution is 5.99. The minimum atomic E-state index is -0.323. The van der Waals surface area contributed by atoms with Crippen molar-refractivity contribution in [2.45, 2.75) is 96.6 Å². The van der Waals surface area contributed by atoms with Gasteiger partial charge >= 0.3 is 6.03 Å². The molecule has 3 amide bonds. The van der Waals surface area contributed by atoms with Gasteiger partial charge in [-0.15, -0.1) is 0 Å². The Morgan fingerprint density at radius 1 is 0.833 bits per heavy atom. The first kappa shape index (κ1) is 33.2. The van der Waals surface area contributed by atoms with Crippen LogP contribution in [0.1, 0.15) is 92.9 Å². The van der Waals surface area contributed by atoms with Crippen molar-refractivity contribution in [3.05, 3.63) is 107 Å². The number of piperidine rings is 1. The second kappa shape index (κ2) is 14.2. The van der Waals surface area contributed by atoms with E-state index in [1.165, 1.54) is 5.56 Å². The van der Waals surface area contributed by atoms with Gasteiger partial charge in [-0.05, 0) is 81.2 Å². The lowest BCUT2D eigenvalue weighted by Crippen LogP contribution is -2.46. The highest BCUT2D eigenvalue weighted by Crippen LogP contribution is 2.40. The van der Waals surface area contributed by atoms with E-state index in [1.807, 2.05) is 79.7 Å². The SMILES string of the molecule is Cc1ccc(-n2nc(C(C)(C)C)cc2NC(=O)Nc2cccc(CC3CC4CCC(C3)N4C(=O)CCCC(=O)c3ccccc3)c2)cc1. The Balaban J connectivity index is 1.03. The molecule has 0 aliphatic carbocycles. The molecule has 250 valence electrons. The zero-order valence-corrected chi connectivity index (χ0v) is 28.5. The van der Waals surface area contributed by atoms with Gasteiger partial charge in [-0.1, -0.05) is 80.9 Å². The molecule has 2 aliphatic rings. The molecule has 6 rings (SSSR count). The summed E-state index contributed by atoms with van der Waals surface area (Å²) in [5.41, 5.74) is 5.38. The van der Waals surface area contributed by atoms with Crippen LogP contribution in [0.4, 0.5) is 16.3 Å². The molecule has 0 spiro atoms. The van der Waals surface area contributed by atoms with Crippen LogP contribution in [0.25, 0.3) is 5.69 Å². The van der Waals surface area contributed by atoms with Gasteiger partial charge in [-0.3, -0.25) is 14.9 Å². The van der Waals surface area contributed by atoms with Gasteiger partial charge in [0.25, 0.3) is 0 Å². The Kier molecular flexibility index (Phi) is 9.81. The summed E-state index contributed by atoms with van der Waals surface area (Å²) < 4.78 is 1.78. The van der Waals surface area contributed by atoms with Gasteiger partial charge in [-0.25, -0.2) is 9.48 Å². The second-order valence-corrected chi connectivity index (χ2v) is 14.6. The number of nitrogens with zero attached hydrogens (tertiary/aromatic N) is 3. The fraction of sp³-hybridized carbons (Fsp3) is 0.400. The quantitative estimate of drug-likeness (QED) is 0.169. The maximum atomic E-state index is 13.2. The Morgan fingerprint density at radius 2 is 1.54 bits per heavy atom. The second-order valence-electron chi connectivity index (χ2n) is 14.6. The van der Waals surface area contributed by atoms with Crippen LogP contribution in [-0.2, 0) is 16.6 Å². The molecule has 2 unspecified atom stereocenters. The standard InChI is InChI=1S/C40H47N5O3/c1-27-16-18-32(19-17-27)45-37(26-36(43-45)40(2,3)4)42-39(48)41-31-13-8-10-28(23-31)22-29-24-33-20-21-34(25-29)44(33)38(47)15-9-14-35(46)30-11-6-5-7-12-30/h5-8,10-13,16-19,23,26,29,33-34H,9,14-15,20-22,24-25H2,1-4H3,(H2,41,42,48).